The number of ether oxygens (including phenoxy) is 1. The third kappa shape index (κ3) is 2.90. The number of nitrogens with zero attached hydrogens (tertiary/aromatic N) is 2. The molecule has 0 fully saturated rings. The van der Waals surface area contributed by atoms with Gasteiger partial charge in [-0.25, -0.2) is 9.37 Å². The first-order valence-corrected chi connectivity index (χ1v) is 9.20. The number of anilines is 1. The van der Waals surface area contributed by atoms with Crippen LogP contribution in [0.25, 0.3) is 26.4 Å². The molecule has 0 radical (unpaired) electrons. The van der Waals surface area contributed by atoms with Crippen LogP contribution in [0.4, 0.5) is 10.2 Å². The van der Waals surface area contributed by atoms with Crippen molar-refractivity contribution in [3.8, 4) is 17.0 Å². The average molecular weight is 369 g/mol. The number of halogens is 1. The molecule has 2 heterocycles. The fourth-order valence-corrected chi connectivity index (χ4v) is 4.01. The predicted octanol–water partition coefficient (Wildman–Crippen LogP) is 5.57. The molecule has 0 saturated heterocycles. The van der Waals surface area contributed by atoms with Crippen LogP contribution in [0.15, 0.2) is 42.5 Å². The zero-order valence-corrected chi connectivity index (χ0v) is 15.9. The van der Waals surface area contributed by atoms with E-state index in [1.165, 1.54) is 12.1 Å². The number of thiazole rings is 1. The first-order chi connectivity index (χ1) is 12.4. The van der Waals surface area contributed by atoms with Crippen LogP contribution in [0.5, 0.6) is 5.75 Å². The van der Waals surface area contributed by atoms with Crippen molar-refractivity contribution < 1.29 is 9.13 Å². The van der Waals surface area contributed by atoms with Crippen LogP contribution in [0.1, 0.15) is 20.8 Å². The van der Waals surface area contributed by atoms with Crippen LogP contribution in [0, 0.1) is 5.82 Å². The average Bonchev–Trinajstić information content (AvgIpc) is 3.10. The molecule has 4 aromatic rings. The Hall–Kier alpha value is -2.60. The number of hydrogen-bond donors (Lipinski definition) is 1. The Balaban J connectivity index is 1.99. The Bertz CT molecular complexity index is 1090. The highest BCUT2D eigenvalue weighted by molar-refractivity contribution is 7.23. The number of hydrogen-bond acceptors (Lipinski definition) is 4. The van der Waals surface area contributed by atoms with Gasteiger partial charge in [0.25, 0.3) is 0 Å². The van der Waals surface area contributed by atoms with Crippen molar-refractivity contribution in [3.63, 3.8) is 0 Å². The van der Waals surface area contributed by atoms with Gasteiger partial charge in [0, 0.05) is 11.1 Å². The standard InChI is InChI=1S/C20H20FN3OS/c1-20(2,3)23-18-17(12-5-7-13(21)8-6-12)22-19-24(18)15-10-9-14(25-4)11-16(15)26-19/h5-11,23H,1-4H3. The smallest absolute Gasteiger partial charge is 0.197 e. The maximum Gasteiger partial charge on any atom is 0.197 e. The second kappa shape index (κ2) is 5.99. The Labute approximate surface area is 155 Å². The summed E-state index contributed by atoms with van der Waals surface area (Å²) in [6.07, 6.45) is 0. The van der Waals surface area contributed by atoms with Crippen molar-refractivity contribution in [1.82, 2.24) is 9.38 Å². The molecule has 26 heavy (non-hydrogen) atoms. The van der Waals surface area contributed by atoms with Gasteiger partial charge >= 0.3 is 0 Å². The van der Waals surface area contributed by atoms with Crippen LogP contribution in [0.3, 0.4) is 0 Å². The van der Waals surface area contributed by atoms with E-state index in [-0.39, 0.29) is 11.4 Å². The van der Waals surface area contributed by atoms with Gasteiger partial charge in [-0.3, -0.25) is 4.40 Å². The highest BCUT2D eigenvalue weighted by Crippen LogP contribution is 2.38. The lowest BCUT2D eigenvalue weighted by Crippen LogP contribution is -2.27. The molecule has 0 amide bonds. The molecule has 0 aliphatic carbocycles. The van der Waals surface area contributed by atoms with Gasteiger partial charge < -0.3 is 10.1 Å². The second-order valence-corrected chi connectivity index (χ2v) is 8.25. The largest absolute Gasteiger partial charge is 0.497 e. The summed E-state index contributed by atoms with van der Waals surface area (Å²) in [5.41, 5.74) is 2.63. The van der Waals surface area contributed by atoms with E-state index in [2.05, 4.69) is 30.5 Å². The summed E-state index contributed by atoms with van der Waals surface area (Å²) in [5, 5.41) is 3.57. The lowest BCUT2D eigenvalue weighted by molar-refractivity contribution is 0.415. The van der Waals surface area contributed by atoms with Crippen LogP contribution >= 0.6 is 11.3 Å². The maximum absolute atomic E-state index is 13.3. The van der Waals surface area contributed by atoms with Crippen LogP contribution in [-0.4, -0.2) is 22.0 Å². The molecule has 0 unspecified atom stereocenters. The molecule has 2 aromatic carbocycles. The van der Waals surface area contributed by atoms with E-state index < -0.39 is 0 Å². The van der Waals surface area contributed by atoms with Gasteiger partial charge in [-0.1, -0.05) is 11.3 Å². The van der Waals surface area contributed by atoms with Gasteiger partial charge in [0.05, 0.1) is 17.3 Å². The number of rotatable bonds is 3. The molecule has 0 saturated carbocycles. The quantitative estimate of drug-likeness (QED) is 0.513. The number of benzene rings is 2. The number of nitrogens with one attached hydrogen (secondary N) is 1. The van der Waals surface area contributed by atoms with Crippen LogP contribution < -0.4 is 10.1 Å². The monoisotopic (exact) mass is 369 g/mol. The molecular weight excluding hydrogens is 349 g/mol. The van der Waals surface area contributed by atoms with E-state index in [4.69, 9.17) is 9.72 Å². The fourth-order valence-electron chi connectivity index (χ4n) is 2.96. The van der Waals surface area contributed by atoms with Gasteiger partial charge in [0.1, 0.15) is 23.1 Å². The lowest BCUT2D eigenvalue weighted by Gasteiger charge is -2.22. The molecule has 2 aromatic heterocycles. The first-order valence-electron chi connectivity index (χ1n) is 8.39. The minimum Gasteiger partial charge on any atom is -0.497 e. The summed E-state index contributed by atoms with van der Waals surface area (Å²) in [6, 6.07) is 12.5. The molecule has 0 bridgehead atoms. The number of imidazole rings is 1. The Morgan fingerprint density at radius 3 is 2.50 bits per heavy atom. The summed E-state index contributed by atoms with van der Waals surface area (Å²) < 4.78 is 21.9. The van der Waals surface area contributed by atoms with Gasteiger partial charge in [0.2, 0.25) is 0 Å². The van der Waals surface area contributed by atoms with Crippen molar-refractivity contribution in [2.75, 3.05) is 12.4 Å². The molecule has 0 atom stereocenters. The topological polar surface area (TPSA) is 38.6 Å². The van der Waals surface area contributed by atoms with Gasteiger partial charge in [-0.2, -0.15) is 0 Å². The lowest BCUT2D eigenvalue weighted by atomic mass is 10.1. The fraction of sp³-hybridized carbons (Fsp3) is 0.250. The molecule has 0 aliphatic rings. The normalized spacial score (nSPS) is 12.0. The van der Waals surface area contributed by atoms with E-state index in [9.17, 15) is 4.39 Å². The van der Waals surface area contributed by atoms with Crippen molar-refractivity contribution in [2.45, 2.75) is 26.3 Å². The summed E-state index contributed by atoms with van der Waals surface area (Å²) in [4.78, 5) is 5.73. The molecule has 4 nitrogen and oxygen atoms in total. The van der Waals surface area contributed by atoms with Crippen molar-refractivity contribution in [2.24, 2.45) is 0 Å². The third-order valence-corrected chi connectivity index (χ3v) is 5.07. The molecule has 0 spiro atoms. The highest BCUT2D eigenvalue weighted by atomic mass is 32.1. The molecule has 6 heteroatoms. The number of methoxy groups -OCH3 is 1. The predicted molar refractivity (Wildman–Crippen MR) is 106 cm³/mol. The third-order valence-electron chi connectivity index (χ3n) is 4.07. The van der Waals surface area contributed by atoms with Crippen LogP contribution in [-0.2, 0) is 0 Å². The molecule has 1 N–H and O–H groups in total. The maximum atomic E-state index is 13.3. The molecule has 0 aliphatic heterocycles. The first kappa shape index (κ1) is 16.8. The van der Waals surface area contributed by atoms with Crippen molar-refractivity contribution in [1.29, 1.82) is 0 Å². The molecule has 134 valence electrons. The van der Waals surface area contributed by atoms with Gasteiger partial charge in [-0.05, 0) is 63.2 Å². The van der Waals surface area contributed by atoms with E-state index in [1.54, 1.807) is 30.6 Å². The number of aromatic nitrogens is 2. The Kier molecular flexibility index (Phi) is 3.88. The van der Waals surface area contributed by atoms with E-state index >= 15 is 0 Å². The highest BCUT2D eigenvalue weighted by Gasteiger charge is 2.22. The van der Waals surface area contributed by atoms with Gasteiger partial charge in [-0.15, -0.1) is 0 Å². The summed E-state index contributed by atoms with van der Waals surface area (Å²) in [5.74, 6) is 1.49. The summed E-state index contributed by atoms with van der Waals surface area (Å²) in [7, 11) is 1.67. The van der Waals surface area contributed by atoms with Crippen molar-refractivity contribution >= 4 is 32.3 Å². The number of fused-ring (bicyclic) bond motifs is 3. The Morgan fingerprint density at radius 1 is 1.12 bits per heavy atom. The molecular formula is C20H20FN3OS. The van der Waals surface area contributed by atoms with Crippen LogP contribution in [0.2, 0.25) is 0 Å². The van der Waals surface area contributed by atoms with E-state index in [1.807, 2.05) is 18.2 Å². The summed E-state index contributed by atoms with van der Waals surface area (Å²) in [6.45, 7) is 6.33. The zero-order valence-electron chi connectivity index (χ0n) is 15.1. The van der Waals surface area contributed by atoms with Crippen molar-refractivity contribution in [3.05, 3.63) is 48.3 Å². The minimum absolute atomic E-state index is 0.147. The summed E-state index contributed by atoms with van der Waals surface area (Å²) >= 11 is 1.61. The van der Waals surface area contributed by atoms with E-state index in [0.717, 1.165) is 38.0 Å². The van der Waals surface area contributed by atoms with E-state index in [0.29, 0.717) is 0 Å². The minimum atomic E-state index is -0.252. The zero-order chi connectivity index (χ0) is 18.5. The molecule has 4 rings (SSSR count). The van der Waals surface area contributed by atoms with Gasteiger partial charge in [0.15, 0.2) is 4.96 Å². The Morgan fingerprint density at radius 2 is 1.85 bits per heavy atom. The second-order valence-electron chi connectivity index (χ2n) is 7.24. The SMILES string of the molecule is COc1ccc2c(c1)sc1nc(-c3ccc(F)cc3)c(NC(C)(C)C)n12.